The third-order valence-electron chi connectivity index (χ3n) is 2.74. The van der Waals surface area contributed by atoms with Gasteiger partial charge in [0, 0.05) is 0 Å². The second-order valence-corrected chi connectivity index (χ2v) is 3.97. The van der Waals surface area contributed by atoms with Gasteiger partial charge in [-0.1, -0.05) is 6.92 Å². The maximum absolute atomic E-state index is 13.3. The lowest BCUT2D eigenvalue weighted by Crippen LogP contribution is -2.32. The van der Waals surface area contributed by atoms with Gasteiger partial charge in [0.05, 0.1) is 11.8 Å². The highest BCUT2D eigenvalue weighted by molar-refractivity contribution is 5.96. The van der Waals surface area contributed by atoms with Crippen molar-refractivity contribution in [3.8, 4) is 6.07 Å². The maximum atomic E-state index is 13.3. The van der Waals surface area contributed by atoms with Crippen LogP contribution in [0.2, 0.25) is 0 Å². The number of nitrogens with zero attached hydrogens (tertiary/aromatic N) is 1. The molecule has 1 amide bonds. The molecular weight excluding hydrogens is 245 g/mol. The highest BCUT2D eigenvalue weighted by Crippen LogP contribution is 2.25. The van der Waals surface area contributed by atoms with Crippen LogP contribution in [0.15, 0.2) is 12.1 Å². The molecule has 18 heavy (non-hydrogen) atoms. The Balaban J connectivity index is 3.04. The summed E-state index contributed by atoms with van der Waals surface area (Å²) in [5.41, 5.74) is -1.84. The summed E-state index contributed by atoms with van der Waals surface area (Å²) in [6.07, 6.45) is 0.209. The van der Waals surface area contributed by atoms with Crippen molar-refractivity contribution in [3.05, 3.63) is 29.6 Å². The Kier molecular flexibility index (Phi) is 3.96. The summed E-state index contributed by atoms with van der Waals surface area (Å²) in [7, 11) is 0. The molecule has 0 radical (unpaired) electrons. The van der Waals surface area contributed by atoms with Crippen LogP contribution in [0.4, 0.5) is 18.9 Å². The first-order valence-electron chi connectivity index (χ1n) is 5.22. The predicted octanol–water partition coefficient (Wildman–Crippen LogP) is 2.98. The predicted molar refractivity (Wildman–Crippen MR) is 59.0 cm³/mol. The SMILES string of the molecule is CCC(C)(C#N)C(=O)Nc1ccc(F)c(F)c1F. The van der Waals surface area contributed by atoms with Crippen LogP contribution in [-0.2, 0) is 4.79 Å². The monoisotopic (exact) mass is 256 g/mol. The van der Waals surface area contributed by atoms with E-state index in [0.29, 0.717) is 6.07 Å². The van der Waals surface area contributed by atoms with E-state index in [0.717, 1.165) is 6.07 Å². The van der Waals surface area contributed by atoms with Gasteiger partial charge in [0.1, 0.15) is 5.41 Å². The number of nitriles is 1. The third kappa shape index (κ3) is 2.45. The molecule has 0 aromatic heterocycles. The van der Waals surface area contributed by atoms with Crippen LogP contribution in [0.1, 0.15) is 20.3 Å². The fourth-order valence-electron chi connectivity index (χ4n) is 1.17. The summed E-state index contributed by atoms with van der Waals surface area (Å²) < 4.78 is 38.9. The largest absolute Gasteiger partial charge is 0.322 e. The van der Waals surface area contributed by atoms with E-state index in [2.05, 4.69) is 5.32 Å². The Hall–Kier alpha value is -2.03. The molecule has 0 aliphatic heterocycles. The van der Waals surface area contributed by atoms with E-state index < -0.39 is 34.5 Å². The molecule has 0 saturated heterocycles. The highest BCUT2D eigenvalue weighted by atomic mass is 19.2. The van der Waals surface area contributed by atoms with Crippen molar-refractivity contribution in [3.63, 3.8) is 0 Å². The molecule has 0 fully saturated rings. The van der Waals surface area contributed by atoms with Gasteiger partial charge in [0.15, 0.2) is 17.5 Å². The van der Waals surface area contributed by atoms with Crippen LogP contribution in [0, 0.1) is 34.2 Å². The molecule has 1 aromatic carbocycles. The van der Waals surface area contributed by atoms with Crippen molar-refractivity contribution in [2.24, 2.45) is 5.41 Å². The molecule has 1 aromatic rings. The molecule has 96 valence electrons. The minimum Gasteiger partial charge on any atom is -0.322 e. The van der Waals surface area contributed by atoms with Gasteiger partial charge in [-0.2, -0.15) is 5.26 Å². The normalized spacial score (nSPS) is 13.6. The van der Waals surface area contributed by atoms with Gasteiger partial charge in [-0.3, -0.25) is 4.79 Å². The minimum atomic E-state index is -1.66. The van der Waals surface area contributed by atoms with Crippen molar-refractivity contribution in [2.75, 3.05) is 5.32 Å². The zero-order valence-electron chi connectivity index (χ0n) is 9.85. The number of amides is 1. The summed E-state index contributed by atoms with van der Waals surface area (Å²) in [5.74, 6) is -5.26. The smallest absolute Gasteiger partial charge is 0.244 e. The fourth-order valence-corrected chi connectivity index (χ4v) is 1.17. The Morgan fingerprint density at radius 2 is 2.00 bits per heavy atom. The van der Waals surface area contributed by atoms with Crippen molar-refractivity contribution in [1.82, 2.24) is 0 Å². The van der Waals surface area contributed by atoms with Crippen LogP contribution < -0.4 is 5.32 Å². The molecule has 0 heterocycles. The number of nitrogens with one attached hydrogen (secondary N) is 1. The number of carbonyl (C=O) groups is 1. The lowest BCUT2D eigenvalue weighted by atomic mass is 9.88. The van der Waals surface area contributed by atoms with Gasteiger partial charge >= 0.3 is 0 Å². The summed E-state index contributed by atoms with van der Waals surface area (Å²) in [6, 6.07) is 3.39. The average molecular weight is 256 g/mol. The van der Waals surface area contributed by atoms with E-state index in [1.807, 2.05) is 0 Å². The summed E-state index contributed by atoms with van der Waals surface area (Å²) in [6.45, 7) is 2.99. The second-order valence-electron chi connectivity index (χ2n) is 3.97. The van der Waals surface area contributed by atoms with Gasteiger partial charge in [0.25, 0.3) is 0 Å². The van der Waals surface area contributed by atoms with Crippen LogP contribution >= 0.6 is 0 Å². The Bertz CT molecular complexity index is 525. The average Bonchev–Trinajstić information content (AvgIpc) is 2.38. The summed E-state index contributed by atoms with van der Waals surface area (Å²) >= 11 is 0. The Labute approximate surface area is 102 Å². The van der Waals surface area contributed by atoms with Crippen LogP contribution in [0.25, 0.3) is 0 Å². The van der Waals surface area contributed by atoms with Gasteiger partial charge in [-0.25, -0.2) is 13.2 Å². The summed E-state index contributed by atoms with van der Waals surface area (Å²) in [5, 5.41) is 10.9. The molecule has 1 N–H and O–H groups in total. The Morgan fingerprint density at radius 1 is 1.39 bits per heavy atom. The first kappa shape index (κ1) is 14.0. The molecule has 0 saturated carbocycles. The first-order valence-corrected chi connectivity index (χ1v) is 5.22. The van der Waals surface area contributed by atoms with Gasteiger partial charge in [-0.15, -0.1) is 0 Å². The number of carbonyl (C=O) groups excluding carboxylic acids is 1. The van der Waals surface area contributed by atoms with E-state index in [4.69, 9.17) is 5.26 Å². The van der Waals surface area contributed by atoms with Gasteiger partial charge in [0.2, 0.25) is 5.91 Å². The summed E-state index contributed by atoms with van der Waals surface area (Å²) in [4.78, 5) is 11.7. The lowest BCUT2D eigenvalue weighted by molar-refractivity contribution is -0.122. The number of anilines is 1. The molecule has 1 atom stereocenters. The third-order valence-corrected chi connectivity index (χ3v) is 2.74. The van der Waals surface area contributed by atoms with Crippen molar-refractivity contribution >= 4 is 11.6 Å². The minimum absolute atomic E-state index is 0.209. The number of hydrogen-bond acceptors (Lipinski definition) is 2. The number of rotatable bonds is 3. The Morgan fingerprint density at radius 3 is 2.50 bits per heavy atom. The van der Waals surface area contributed by atoms with E-state index in [1.54, 1.807) is 13.0 Å². The molecule has 6 heteroatoms. The van der Waals surface area contributed by atoms with Gasteiger partial charge in [-0.05, 0) is 25.5 Å². The maximum Gasteiger partial charge on any atom is 0.244 e. The second kappa shape index (κ2) is 5.08. The molecule has 0 spiro atoms. The standard InChI is InChI=1S/C12H11F3N2O/c1-3-12(2,6-16)11(18)17-8-5-4-7(13)9(14)10(8)15/h4-5H,3H2,1-2H3,(H,17,18). The number of hydrogen-bond donors (Lipinski definition) is 1. The van der Waals surface area contributed by atoms with Crippen molar-refractivity contribution in [1.29, 1.82) is 5.26 Å². The van der Waals surface area contributed by atoms with Gasteiger partial charge < -0.3 is 5.32 Å². The number of benzene rings is 1. The topological polar surface area (TPSA) is 52.9 Å². The molecular formula is C12H11F3N2O. The first-order chi connectivity index (χ1) is 8.35. The lowest BCUT2D eigenvalue weighted by Gasteiger charge is -2.18. The highest BCUT2D eigenvalue weighted by Gasteiger charge is 2.32. The molecule has 1 rings (SSSR count). The van der Waals surface area contributed by atoms with E-state index in [-0.39, 0.29) is 6.42 Å². The van der Waals surface area contributed by atoms with E-state index >= 15 is 0 Å². The molecule has 0 aliphatic rings. The van der Waals surface area contributed by atoms with Crippen molar-refractivity contribution < 1.29 is 18.0 Å². The van der Waals surface area contributed by atoms with E-state index in [9.17, 15) is 18.0 Å². The zero-order valence-corrected chi connectivity index (χ0v) is 9.85. The molecule has 1 unspecified atom stereocenters. The van der Waals surface area contributed by atoms with E-state index in [1.165, 1.54) is 6.92 Å². The van der Waals surface area contributed by atoms with Crippen LogP contribution in [-0.4, -0.2) is 5.91 Å². The zero-order chi connectivity index (χ0) is 13.9. The number of halogens is 3. The molecule has 0 aliphatic carbocycles. The quantitative estimate of drug-likeness (QED) is 0.845. The van der Waals surface area contributed by atoms with Crippen molar-refractivity contribution in [2.45, 2.75) is 20.3 Å². The molecule has 0 bridgehead atoms. The fraction of sp³-hybridized carbons (Fsp3) is 0.333. The van der Waals surface area contributed by atoms with Crippen LogP contribution in [0.5, 0.6) is 0 Å². The molecule has 3 nitrogen and oxygen atoms in total. The van der Waals surface area contributed by atoms with Crippen LogP contribution in [0.3, 0.4) is 0 Å².